The van der Waals surface area contributed by atoms with E-state index < -0.39 is 0 Å². The summed E-state index contributed by atoms with van der Waals surface area (Å²) < 4.78 is 0. The smallest absolute Gasteiger partial charge is 0.0361 e. The van der Waals surface area contributed by atoms with Crippen molar-refractivity contribution in [2.75, 3.05) is 37.0 Å². The third-order valence-corrected chi connectivity index (χ3v) is 4.60. The van der Waals surface area contributed by atoms with Crippen molar-refractivity contribution in [3.63, 3.8) is 0 Å². The summed E-state index contributed by atoms with van der Waals surface area (Å²) >= 11 is 2.10. The lowest BCUT2D eigenvalue weighted by atomic mass is 10.0. The minimum atomic E-state index is 0.896. The van der Waals surface area contributed by atoms with Gasteiger partial charge in [0.1, 0.15) is 0 Å². The van der Waals surface area contributed by atoms with Crippen molar-refractivity contribution in [1.82, 2.24) is 5.32 Å². The maximum absolute atomic E-state index is 3.60. The molecule has 1 aromatic rings. The molecular weight excluding hydrogens is 240 g/mol. The normalized spacial score (nSPS) is 16.8. The van der Waals surface area contributed by atoms with E-state index in [1.165, 1.54) is 42.1 Å². The largest absolute Gasteiger partial charge is 0.378 e. The molecule has 1 aliphatic heterocycles. The summed E-state index contributed by atoms with van der Waals surface area (Å²) in [5, 5.41) is 3.60. The first kappa shape index (κ1) is 13.8. The van der Waals surface area contributed by atoms with Crippen molar-refractivity contribution >= 4 is 17.4 Å². The average Bonchev–Trinajstić information content (AvgIpc) is 2.40. The van der Waals surface area contributed by atoms with Crippen molar-refractivity contribution in [3.8, 4) is 0 Å². The molecule has 1 heterocycles. The predicted octanol–water partition coefficient (Wildman–Crippen LogP) is 2.99. The van der Waals surface area contributed by atoms with Gasteiger partial charge in [-0.2, -0.15) is 11.8 Å². The van der Waals surface area contributed by atoms with Crippen LogP contribution in [0.3, 0.4) is 0 Å². The van der Waals surface area contributed by atoms with Gasteiger partial charge in [0.15, 0.2) is 0 Å². The summed E-state index contributed by atoms with van der Waals surface area (Å²) in [5.41, 5.74) is 2.65. The third kappa shape index (κ3) is 4.21. The van der Waals surface area contributed by atoms with E-state index in [2.05, 4.69) is 60.3 Å². The van der Waals surface area contributed by atoms with Crippen molar-refractivity contribution in [3.05, 3.63) is 29.8 Å². The molecule has 1 aromatic carbocycles. The molecule has 18 heavy (non-hydrogen) atoms. The molecule has 0 amide bonds. The summed E-state index contributed by atoms with van der Waals surface area (Å²) in [7, 11) is 4.16. The van der Waals surface area contributed by atoms with Gasteiger partial charge in [-0.15, -0.1) is 0 Å². The SMILES string of the molecule is CN(C)c1ccc(CNCC2CCSCC2)cc1. The van der Waals surface area contributed by atoms with Gasteiger partial charge in [0.25, 0.3) is 0 Å². The van der Waals surface area contributed by atoms with E-state index in [9.17, 15) is 0 Å². The number of nitrogens with zero attached hydrogens (tertiary/aromatic N) is 1. The molecule has 0 bridgehead atoms. The topological polar surface area (TPSA) is 15.3 Å². The molecule has 3 heteroatoms. The Morgan fingerprint density at radius 2 is 1.83 bits per heavy atom. The number of thioether (sulfide) groups is 1. The summed E-state index contributed by atoms with van der Waals surface area (Å²) in [6.45, 7) is 2.17. The minimum absolute atomic E-state index is 0.896. The fraction of sp³-hybridized carbons (Fsp3) is 0.600. The Balaban J connectivity index is 1.72. The first-order chi connectivity index (χ1) is 8.75. The molecule has 0 saturated carbocycles. The van der Waals surface area contributed by atoms with Crippen LogP contribution in [0, 0.1) is 5.92 Å². The van der Waals surface area contributed by atoms with Gasteiger partial charge in [-0.3, -0.25) is 0 Å². The monoisotopic (exact) mass is 264 g/mol. The van der Waals surface area contributed by atoms with Crippen LogP contribution in [0.15, 0.2) is 24.3 Å². The van der Waals surface area contributed by atoms with Gasteiger partial charge in [-0.05, 0) is 54.5 Å². The van der Waals surface area contributed by atoms with Crippen molar-refractivity contribution in [2.45, 2.75) is 19.4 Å². The Morgan fingerprint density at radius 1 is 1.17 bits per heavy atom. The summed E-state index contributed by atoms with van der Waals surface area (Å²) in [6.07, 6.45) is 2.77. The van der Waals surface area contributed by atoms with Crippen molar-refractivity contribution in [2.24, 2.45) is 5.92 Å². The minimum Gasteiger partial charge on any atom is -0.378 e. The number of hydrogen-bond acceptors (Lipinski definition) is 3. The van der Waals surface area contributed by atoms with Gasteiger partial charge < -0.3 is 10.2 Å². The molecule has 0 unspecified atom stereocenters. The highest BCUT2D eigenvalue weighted by Crippen LogP contribution is 2.22. The van der Waals surface area contributed by atoms with E-state index in [1.54, 1.807) is 0 Å². The number of benzene rings is 1. The summed E-state index contributed by atoms with van der Waals surface area (Å²) in [5.74, 6) is 3.60. The fourth-order valence-electron chi connectivity index (χ4n) is 2.28. The van der Waals surface area contributed by atoms with Crippen LogP contribution in [-0.4, -0.2) is 32.1 Å². The van der Waals surface area contributed by atoms with E-state index in [4.69, 9.17) is 0 Å². The van der Waals surface area contributed by atoms with Gasteiger partial charge in [0, 0.05) is 26.3 Å². The highest BCUT2D eigenvalue weighted by Gasteiger charge is 2.12. The zero-order chi connectivity index (χ0) is 12.8. The van der Waals surface area contributed by atoms with Crippen LogP contribution < -0.4 is 10.2 Å². The van der Waals surface area contributed by atoms with Crippen molar-refractivity contribution < 1.29 is 0 Å². The van der Waals surface area contributed by atoms with Crippen LogP contribution in [0.4, 0.5) is 5.69 Å². The first-order valence-corrected chi connectivity index (χ1v) is 7.96. The molecule has 2 rings (SSSR count). The van der Waals surface area contributed by atoms with Crippen molar-refractivity contribution in [1.29, 1.82) is 0 Å². The molecule has 100 valence electrons. The molecule has 0 atom stereocenters. The number of hydrogen-bond donors (Lipinski definition) is 1. The maximum Gasteiger partial charge on any atom is 0.0361 e. The molecule has 1 N–H and O–H groups in total. The highest BCUT2D eigenvalue weighted by molar-refractivity contribution is 7.99. The number of anilines is 1. The molecule has 0 aliphatic carbocycles. The van der Waals surface area contributed by atoms with E-state index in [-0.39, 0.29) is 0 Å². The van der Waals surface area contributed by atoms with Crippen LogP contribution in [0.2, 0.25) is 0 Å². The standard InChI is InChI=1S/C15H24N2S/c1-17(2)15-5-3-13(4-6-15)11-16-12-14-7-9-18-10-8-14/h3-6,14,16H,7-12H2,1-2H3. The quantitative estimate of drug-likeness (QED) is 0.880. The van der Waals surface area contributed by atoms with E-state index in [0.717, 1.165) is 12.5 Å². The third-order valence-electron chi connectivity index (χ3n) is 3.56. The molecule has 1 aliphatic rings. The van der Waals surface area contributed by atoms with Crippen LogP contribution in [-0.2, 0) is 6.54 Å². The van der Waals surface area contributed by atoms with Crippen LogP contribution in [0.5, 0.6) is 0 Å². The fourth-order valence-corrected chi connectivity index (χ4v) is 3.49. The van der Waals surface area contributed by atoms with Gasteiger partial charge in [0.2, 0.25) is 0 Å². The molecular formula is C15H24N2S. The Labute approximate surface area is 115 Å². The van der Waals surface area contributed by atoms with Crippen LogP contribution >= 0.6 is 11.8 Å². The lowest BCUT2D eigenvalue weighted by Crippen LogP contribution is -2.25. The van der Waals surface area contributed by atoms with Crippen LogP contribution in [0.25, 0.3) is 0 Å². The van der Waals surface area contributed by atoms with Gasteiger partial charge in [0.05, 0.1) is 0 Å². The maximum atomic E-state index is 3.60. The zero-order valence-corrected chi connectivity index (χ0v) is 12.3. The Hall–Kier alpha value is -0.670. The molecule has 2 nitrogen and oxygen atoms in total. The molecule has 1 saturated heterocycles. The Bertz CT molecular complexity index is 342. The van der Waals surface area contributed by atoms with E-state index in [1.807, 2.05) is 0 Å². The van der Waals surface area contributed by atoms with Gasteiger partial charge in [-0.25, -0.2) is 0 Å². The lowest BCUT2D eigenvalue weighted by molar-refractivity contribution is 0.448. The predicted molar refractivity (Wildman–Crippen MR) is 82.5 cm³/mol. The summed E-state index contributed by atoms with van der Waals surface area (Å²) in [6, 6.07) is 8.82. The second-order valence-electron chi connectivity index (χ2n) is 5.25. The highest BCUT2D eigenvalue weighted by atomic mass is 32.2. The molecule has 1 fully saturated rings. The lowest BCUT2D eigenvalue weighted by Gasteiger charge is -2.21. The second kappa shape index (κ2) is 7.05. The molecule has 0 aromatic heterocycles. The molecule has 0 spiro atoms. The Morgan fingerprint density at radius 3 is 2.44 bits per heavy atom. The van der Waals surface area contributed by atoms with Gasteiger partial charge in [-0.1, -0.05) is 12.1 Å². The average molecular weight is 264 g/mol. The number of nitrogens with one attached hydrogen (secondary N) is 1. The second-order valence-corrected chi connectivity index (χ2v) is 6.47. The summed E-state index contributed by atoms with van der Waals surface area (Å²) in [4.78, 5) is 2.14. The zero-order valence-electron chi connectivity index (χ0n) is 11.5. The Kier molecular flexibility index (Phi) is 5.39. The number of rotatable bonds is 5. The molecule has 0 radical (unpaired) electrons. The van der Waals surface area contributed by atoms with E-state index in [0.29, 0.717) is 0 Å². The van der Waals surface area contributed by atoms with Crippen LogP contribution in [0.1, 0.15) is 18.4 Å². The van der Waals surface area contributed by atoms with Gasteiger partial charge >= 0.3 is 0 Å². The van der Waals surface area contributed by atoms with E-state index >= 15 is 0 Å². The first-order valence-electron chi connectivity index (χ1n) is 6.80.